The number of rotatable bonds is 3. The lowest BCUT2D eigenvalue weighted by molar-refractivity contribution is 0.648. The van der Waals surface area contributed by atoms with Crippen LogP contribution in [0.15, 0.2) is 97.1 Å². The predicted molar refractivity (Wildman–Crippen MR) is 111 cm³/mol. The molecule has 126 valence electrons. The highest BCUT2D eigenvalue weighted by atomic mass is 15.0. The molecule has 26 heavy (non-hydrogen) atoms. The molecule has 1 unspecified atom stereocenters. The Bertz CT molecular complexity index is 1130. The van der Waals surface area contributed by atoms with Crippen molar-refractivity contribution in [2.45, 2.75) is 12.5 Å². The summed E-state index contributed by atoms with van der Waals surface area (Å²) in [5.74, 6) is 0. The summed E-state index contributed by atoms with van der Waals surface area (Å²) in [6.45, 7) is 0. The van der Waals surface area contributed by atoms with E-state index in [0.717, 1.165) is 17.8 Å². The maximum Gasteiger partial charge on any atom is 0.0560 e. The van der Waals surface area contributed by atoms with Gasteiger partial charge in [-0.2, -0.15) is 0 Å². The monoisotopic (exact) mass is 336 g/mol. The number of para-hydroxylation sites is 2. The molecule has 3 aromatic carbocycles. The number of anilines is 2. The van der Waals surface area contributed by atoms with Gasteiger partial charge in [-0.1, -0.05) is 66.8 Å². The zero-order valence-electron chi connectivity index (χ0n) is 14.5. The molecular weight excluding hydrogens is 316 g/mol. The maximum atomic E-state index is 3.53. The van der Waals surface area contributed by atoms with E-state index in [0.29, 0.717) is 6.04 Å². The van der Waals surface area contributed by atoms with Crippen molar-refractivity contribution in [3.05, 3.63) is 97.1 Å². The molecule has 1 atom stereocenters. The molecule has 0 bridgehead atoms. The Morgan fingerprint density at radius 1 is 0.731 bits per heavy atom. The third-order valence-corrected chi connectivity index (χ3v) is 5.06. The second-order valence-electron chi connectivity index (χ2n) is 6.73. The lowest BCUT2D eigenvalue weighted by Crippen LogP contribution is -2.06. The van der Waals surface area contributed by atoms with Crippen LogP contribution in [0.3, 0.4) is 0 Å². The predicted octanol–water partition coefficient (Wildman–Crippen LogP) is 6.60. The molecule has 0 radical (unpaired) electrons. The van der Waals surface area contributed by atoms with Crippen LogP contribution in [0.25, 0.3) is 21.8 Å². The number of hydrogen-bond donors (Lipinski definition) is 1. The Labute approximate surface area is 153 Å². The number of allylic oxidation sites excluding steroid dienone is 4. The van der Waals surface area contributed by atoms with E-state index in [1.807, 2.05) is 6.07 Å². The number of fused-ring (bicyclic) bond motifs is 3. The van der Waals surface area contributed by atoms with Crippen LogP contribution in [0.1, 0.15) is 12.5 Å². The van der Waals surface area contributed by atoms with E-state index in [2.05, 4.69) is 101 Å². The highest BCUT2D eigenvalue weighted by molar-refractivity contribution is 6.09. The molecule has 0 saturated carbocycles. The molecule has 1 N–H and O–H groups in total. The number of hydrogen-bond acceptors (Lipinski definition) is 1. The van der Waals surface area contributed by atoms with E-state index < -0.39 is 0 Å². The van der Waals surface area contributed by atoms with E-state index in [1.54, 1.807) is 0 Å². The first-order valence-corrected chi connectivity index (χ1v) is 9.08. The average Bonchev–Trinajstić information content (AvgIpc) is 3.03. The molecule has 0 fully saturated rings. The molecule has 0 amide bonds. The number of aromatic nitrogens is 1. The average molecular weight is 336 g/mol. The molecule has 1 aliphatic rings. The van der Waals surface area contributed by atoms with Crippen molar-refractivity contribution in [3.8, 4) is 0 Å². The normalized spacial score (nSPS) is 16.4. The van der Waals surface area contributed by atoms with Crippen LogP contribution < -0.4 is 5.32 Å². The fourth-order valence-electron chi connectivity index (χ4n) is 3.88. The summed E-state index contributed by atoms with van der Waals surface area (Å²) >= 11 is 0. The Morgan fingerprint density at radius 2 is 1.54 bits per heavy atom. The number of nitrogens with one attached hydrogen (secondary N) is 1. The summed E-state index contributed by atoms with van der Waals surface area (Å²) < 4.78 is 2.47. The Kier molecular flexibility index (Phi) is 3.60. The van der Waals surface area contributed by atoms with Gasteiger partial charge in [0.15, 0.2) is 0 Å². The molecule has 1 aromatic heterocycles. The molecule has 4 aromatic rings. The van der Waals surface area contributed by atoms with Crippen LogP contribution >= 0.6 is 0 Å². The van der Waals surface area contributed by atoms with E-state index in [4.69, 9.17) is 0 Å². The summed E-state index contributed by atoms with van der Waals surface area (Å²) in [6.07, 6.45) is 9.86. The zero-order chi connectivity index (χ0) is 17.3. The van der Waals surface area contributed by atoms with Gasteiger partial charge >= 0.3 is 0 Å². The van der Waals surface area contributed by atoms with Crippen molar-refractivity contribution in [2.75, 3.05) is 5.32 Å². The topological polar surface area (TPSA) is 17.0 Å². The van der Waals surface area contributed by atoms with Gasteiger partial charge in [0.05, 0.1) is 11.6 Å². The largest absolute Gasteiger partial charge is 0.355 e. The van der Waals surface area contributed by atoms with Crippen molar-refractivity contribution < 1.29 is 0 Å². The molecule has 5 rings (SSSR count). The Hall–Kier alpha value is -3.26. The second-order valence-corrected chi connectivity index (χ2v) is 6.73. The van der Waals surface area contributed by atoms with Gasteiger partial charge in [0.1, 0.15) is 0 Å². The van der Waals surface area contributed by atoms with Crippen LogP contribution in [0, 0.1) is 0 Å². The summed E-state index contributed by atoms with van der Waals surface area (Å²) in [4.78, 5) is 0. The fraction of sp³-hybridized carbons (Fsp3) is 0.0833. The van der Waals surface area contributed by atoms with E-state index in [-0.39, 0.29) is 0 Å². The Balaban J connectivity index is 1.70. The lowest BCUT2D eigenvalue weighted by atomic mass is 10.1. The first-order valence-electron chi connectivity index (χ1n) is 9.08. The third kappa shape index (κ3) is 2.51. The quantitative estimate of drug-likeness (QED) is 0.446. The summed E-state index contributed by atoms with van der Waals surface area (Å²) in [6, 6.07) is 26.1. The minimum Gasteiger partial charge on any atom is -0.355 e. The fourth-order valence-corrected chi connectivity index (χ4v) is 3.88. The van der Waals surface area contributed by atoms with Crippen molar-refractivity contribution in [1.82, 2.24) is 4.57 Å². The lowest BCUT2D eigenvalue weighted by Gasteiger charge is -2.18. The van der Waals surface area contributed by atoms with Crippen LogP contribution in [0.2, 0.25) is 0 Å². The molecule has 2 nitrogen and oxygen atoms in total. The first kappa shape index (κ1) is 15.0. The first-order chi connectivity index (χ1) is 12.9. The van der Waals surface area contributed by atoms with Crippen LogP contribution in [-0.4, -0.2) is 4.57 Å². The summed E-state index contributed by atoms with van der Waals surface area (Å²) in [5.41, 5.74) is 4.79. The standard InChI is InChI=1S/C24H20N2/c1-3-9-18(10-4-1)25-19-15-16-22-21-13-7-8-14-23(21)26(24(22)17-19)20-11-5-2-6-12-20/h1-11,13-17,20,25H,12H2. The number of benzene rings is 3. The minimum atomic E-state index is 0.356. The zero-order valence-corrected chi connectivity index (χ0v) is 14.5. The molecule has 0 spiro atoms. The van der Waals surface area contributed by atoms with E-state index >= 15 is 0 Å². The molecule has 0 saturated heterocycles. The van der Waals surface area contributed by atoms with E-state index in [9.17, 15) is 0 Å². The van der Waals surface area contributed by atoms with Crippen molar-refractivity contribution in [3.63, 3.8) is 0 Å². The molecule has 0 aliphatic heterocycles. The highest BCUT2D eigenvalue weighted by Crippen LogP contribution is 2.36. The molecule has 1 heterocycles. The highest BCUT2D eigenvalue weighted by Gasteiger charge is 2.16. The van der Waals surface area contributed by atoms with Crippen LogP contribution in [0.5, 0.6) is 0 Å². The van der Waals surface area contributed by atoms with Crippen LogP contribution in [-0.2, 0) is 0 Å². The van der Waals surface area contributed by atoms with Gasteiger partial charge in [0, 0.05) is 27.7 Å². The van der Waals surface area contributed by atoms with E-state index in [1.165, 1.54) is 21.8 Å². The van der Waals surface area contributed by atoms with Gasteiger partial charge in [0.2, 0.25) is 0 Å². The van der Waals surface area contributed by atoms with Gasteiger partial charge in [-0.3, -0.25) is 0 Å². The van der Waals surface area contributed by atoms with Gasteiger partial charge in [-0.05, 0) is 36.8 Å². The smallest absolute Gasteiger partial charge is 0.0560 e. The van der Waals surface area contributed by atoms with Crippen molar-refractivity contribution in [2.24, 2.45) is 0 Å². The number of nitrogens with zero attached hydrogens (tertiary/aromatic N) is 1. The van der Waals surface area contributed by atoms with Gasteiger partial charge in [-0.15, -0.1) is 0 Å². The summed E-state index contributed by atoms with van der Waals surface area (Å²) in [5, 5.41) is 6.15. The molecule has 1 aliphatic carbocycles. The maximum absolute atomic E-state index is 3.53. The molecular formula is C24H20N2. The van der Waals surface area contributed by atoms with Gasteiger partial charge < -0.3 is 9.88 Å². The summed E-state index contributed by atoms with van der Waals surface area (Å²) in [7, 11) is 0. The van der Waals surface area contributed by atoms with Crippen molar-refractivity contribution >= 4 is 33.2 Å². The van der Waals surface area contributed by atoms with Gasteiger partial charge in [-0.25, -0.2) is 0 Å². The minimum absolute atomic E-state index is 0.356. The third-order valence-electron chi connectivity index (χ3n) is 5.06. The van der Waals surface area contributed by atoms with Crippen LogP contribution in [0.4, 0.5) is 11.4 Å². The second kappa shape index (κ2) is 6.23. The molecule has 2 heteroatoms. The van der Waals surface area contributed by atoms with Gasteiger partial charge in [0.25, 0.3) is 0 Å². The Morgan fingerprint density at radius 3 is 2.38 bits per heavy atom. The van der Waals surface area contributed by atoms with Crippen molar-refractivity contribution in [1.29, 1.82) is 0 Å². The SMILES string of the molecule is C1=CCC(n2c3ccccc3c3ccc(Nc4ccccc4)cc32)C=C1.